The van der Waals surface area contributed by atoms with Gasteiger partial charge in [-0.2, -0.15) is 0 Å². The van der Waals surface area contributed by atoms with Gasteiger partial charge in [-0.1, -0.05) is 0 Å². The van der Waals surface area contributed by atoms with Gasteiger partial charge in [0.05, 0.1) is 6.04 Å². The number of pyridine rings is 1. The fraction of sp³-hybridized carbons (Fsp3) is 0.273. The maximum absolute atomic E-state index is 10.9. The predicted octanol–water partition coefficient (Wildman–Crippen LogP) is 0.875. The smallest absolute Gasteiger partial charge is 0.246 e. The van der Waals surface area contributed by atoms with Crippen LogP contribution in [0, 0.1) is 0 Å². The number of rotatable bonds is 2. The zero-order chi connectivity index (χ0) is 10.7. The molecule has 78 valence electrons. The summed E-state index contributed by atoms with van der Waals surface area (Å²) < 4.78 is 0. The summed E-state index contributed by atoms with van der Waals surface area (Å²) in [4.78, 5) is 14.9. The Hall–Kier alpha value is -1.84. The standard InChI is InChI=1S/C11H13N3O/c12-11(15)9-1-2-10(14-7-9)8-3-5-13-6-4-8/h3-7,10,14H,1-2H2,(H2,12,15). The second-order valence-electron chi connectivity index (χ2n) is 3.57. The lowest BCUT2D eigenvalue weighted by Crippen LogP contribution is -2.25. The monoisotopic (exact) mass is 203 g/mol. The number of amides is 1. The van der Waals surface area contributed by atoms with Gasteiger partial charge in [0, 0.05) is 24.2 Å². The van der Waals surface area contributed by atoms with Gasteiger partial charge in [0.25, 0.3) is 0 Å². The van der Waals surface area contributed by atoms with E-state index in [9.17, 15) is 4.79 Å². The first-order valence-corrected chi connectivity index (χ1v) is 4.92. The highest BCUT2D eigenvalue weighted by molar-refractivity contribution is 5.91. The van der Waals surface area contributed by atoms with Crippen molar-refractivity contribution in [1.29, 1.82) is 0 Å². The first kappa shape index (κ1) is 9.71. The quantitative estimate of drug-likeness (QED) is 0.749. The van der Waals surface area contributed by atoms with Crippen LogP contribution in [0.1, 0.15) is 24.4 Å². The van der Waals surface area contributed by atoms with Crippen molar-refractivity contribution in [3.8, 4) is 0 Å². The van der Waals surface area contributed by atoms with Crippen LogP contribution in [0.15, 0.2) is 36.3 Å². The normalized spacial score (nSPS) is 20.3. The molecule has 4 heteroatoms. The number of nitrogens with two attached hydrogens (primary N) is 1. The molecule has 0 bridgehead atoms. The Labute approximate surface area is 88.2 Å². The Bertz CT molecular complexity index is 386. The number of carbonyl (C=O) groups is 1. The van der Waals surface area contributed by atoms with E-state index in [0.29, 0.717) is 5.57 Å². The highest BCUT2D eigenvalue weighted by atomic mass is 16.1. The van der Waals surface area contributed by atoms with Gasteiger partial charge in [-0.3, -0.25) is 9.78 Å². The second-order valence-corrected chi connectivity index (χ2v) is 3.57. The molecule has 4 nitrogen and oxygen atoms in total. The maximum atomic E-state index is 10.9. The lowest BCUT2D eigenvalue weighted by molar-refractivity contribution is -0.114. The number of hydrogen-bond donors (Lipinski definition) is 2. The third-order valence-corrected chi connectivity index (χ3v) is 2.59. The first-order valence-electron chi connectivity index (χ1n) is 4.92. The number of aromatic nitrogens is 1. The van der Waals surface area contributed by atoms with Crippen LogP contribution in [0.2, 0.25) is 0 Å². The van der Waals surface area contributed by atoms with E-state index in [4.69, 9.17) is 5.73 Å². The van der Waals surface area contributed by atoms with Crippen LogP contribution in [-0.4, -0.2) is 10.9 Å². The van der Waals surface area contributed by atoms with Crippen molar-refractivity contribution >= 4 is 5.91 Å². The molecule has 2 heterocycles. The third-order valence-electron chi connectivity index (χ3n) is 2.59. The fourth-order valence-electron chi connectivity index (χ4n) is 1.71. The lowest BCUT2D eigenvalue weighted by atomic mass is 9.97. The van der Waals surface area contributed by atoms with E-state index in [1.54, 1.807) is 18.6 Å². The Kier molecular flexibility index (Phi) is 2.67. The summed E-state index contributed by atoms with van der Waals surface area (Å²) in [5.41, 5.74) is 7.05. The largest absolute Gasteiger partial charge is 0.384 e. The van der Waals surface area contributed by atoms with Crippen LogP contribution in [0.3, 0.4) is 0 Å². The number of carbonyl (C=O) groups excluding carboxylic acids is 1. The Balaban J connectivity index is 2.09. The maximum Gasteiger partial charge on any atom is 0.246 e. The average molecular weight is 203 g/mol. The molecule has 0 saturated carbocycles. The van der Waals surface area contributed by atoms with Gasteiger partial charge in [0.15, 0.2) is 0 Å². The fourth-order valence-corrected chi connectivity index (χ4v) is 1.71. The highest BCUT2D eigenvalue weighted by Gasteiger charge is 2.17. The van der Waals surface area contributed by atoms with Gasteiger partial charge in [0.2, 0.25) is 5.91 Å². The summed E-state index contributed by atoms with van der Waals surface area (Å²) in [7, 11) is 0. The van der Waals surface area contributed by atoms with Crippen molar-refractivity contribution in [2.24, 2.45) is 5.73 Å². The summed E-state index contributed by atoms with van der Waals surface area (Å²) in [5.74, 6) is -0.337. The van der Waals surface area contributed by atoms with E-state index in [0.717, 1.165) is 12.8 Å². The molecule has 1 aromatic rings. The van der Waals surface area contributed by atoms with E-state index >= 15 is 0 Å². The summed E-state index contributed by atoms with van der Waals surface area (Å²) >= 11 is 0. The summed E-state index contributed by atoms with van der Waals surface area (Å²) in [6.45, 7) is 0. The molecule has 1 unspecified atom stereocenters. The molecule has 0 spiro atoms. The minimum absolute atomic E-state index is 0.260. The molecule has 0 fully saturated rings. The van der Waals surface area contributed by atoms with Crippen LogP contribution in [0.5, 0.6) is 0 Å². The molecule has 0 aromatic carbocycles. The molecule has 0 aliphatic carbocycles. The van der Waals surface area contributed by atoms with Crippen molar-refractivity contribution in [2.75, 3.05) is 0 Å². The molecule has 3 N–H and O–H groups in total. The lowest BCUT2D eigenvalue weighted by Gasteiger charge is -2.22. The molecular weight excluding hydrogens is 190 g/mol. The first-order chi connectivity index (χ1) is 7.27. The molecule has 2 rings (SSSR count). The van der Waals surface area contributed by atoms with Gasteiger partial charge >= 0.3 is 0 Å². The zero-order valence-corrected chi connectivity index (χ0v) is 8.31. The predicted molar refractivity (Wildman–Crippen MR) is 56.6 cm³/mol. The van der Waals surface area contributed by atoms with E-state index in [2.05, 4.69) is 10.3 Å². The molecule has 1 amide bonds. The van der Waals surface area contributed by atoms with Gasteiger partial charge in [0.1, 0.15) is 0 Å². The molecule has 1 aromatic heterocycles. The minimum Gasteiger partial charge on any atom is -0.384 e. The summed E-state index contributed by atoms with van der Waals surface area (Å²) in [6.07, 6.45) is 6.87. The van der Waals surface area contributed by atoms with Crippen molar-refractivity contribution < 1.29 is 4.79 Å². The van der Waals surface area contributed by atoms with Crippen molar-refractivity contribution in [3.63, 3.8) is 0 Å². The molecule has 15 heavy (non-hydrogen) atoms. The Morgan fingerprint density at radius 2 is 2.20 bits per heavy atom. The number of primary amides is 1. The molecule has 1 aliphatic rings. The molecule has 0 radical (unpaired) electrons. The van der Waals surface area contributed by atoms with Crippen LogP contribution in [0.4, 0.5) is 0 Å². The van der Waals surface area contributed by atoms with Crippen LogP contribution < -0.4 is 11.1 Å². The summed E-state index contributed by atoms with van der Waals surface area (Å²) in [5, 5.41) is 3.18. The Morgan fingerprint density at radius 1 is 1.47 bits per heavy atom. The average Bonchev–Trinajstić information content (AvgIpc) is 2.30. The van der Waals surface area contributed by atoms with Crippen LogP contribution >= 0.6 is 0 Å². The third kappa shape index (κ3) is 2.15. The van der Waals surface area contributed by atoms with Crippen molar-refractivity contribution in [1.82, 2.24) is 10.3 Å². The van der Waals surface area contributed by atoms with Crippen LogP contribution in [-0.2, 0) is 4.79 Å². The van der Waals surface area contributed by atoms with Gasteiger partial charge in [-0.25, -0.2) is 0 Å². The topological polar surface area (TPSA) is 68.0 Å². The van der Waals surface area contributed by atoms with Crippen molar-refractivity contribution in [3.05, 3.63) is 41.9 Å². The zero-order valence-electron chi connectivity index (χ0n) is 8.31. The number of nitrogens with one attached hydrogen (secondary N) is 1. The van der Waals surface area contributed by atoms with E-state index in [-0.39, 0.29) is 11.9 Å². The molecular formula is C11H13N3O. The van der Waals surface area contributed by atoms with Crippen molar-refractivity contribution in [2.45, 2.75) is 18.9 Å². The van der Waals surface area contributed by atoms with E-state index in [1.165, 1.54) is 5.56 Å². The SMILES string of the molecule is NC(=O)C1=CNC(c2ccncc2)CC1. The van der Waals surface area contributed by atoms with E-state index in [1.807, 2.05) is 12.1 Å². The van der Waals surface area contributed by atoms with E-state index < -0.39 is 0 Å². The Morgan fingerprint density at radius 3 is 2.73 bits per heavy atom. The van der Waals surface area contributed by atoms with Gasteiger partial charge in [-0.15, -0.1) is 0 Å². The van der Waals surface area contributed by atoms with Crippen LogP contribution in [0.25, 0.3) is 0 Å². The molecule has 1 atom stereocenters. The summed E-state index contributed by atoms with van der Waals surface area (Å²) in [6, 6.07) is 4.21. The molecule has 1 aliphatic heterocycles. The van der Waals surface area contributed by atoms with Gasteiger partial charge in [-0.05, 0) is 30.5 Å². The minimum atomic E-state index is -0.337. The highest BCUT2D eigenvalue weighted by Crippen LogP contribution is 2.23. The number of hydrogen-bond acceptors (Lipinski definition) is 3. The van der Waals surface area contributed by atoms with Gasteiger partial charge < -0.3 is 11.1 Å². The second kappa shape index (κ2) is 4.13. The number of nitrogens with zero attached hydrogens (tertiary/aromatic N) is 1. The molecule has 0 saturated heterocycles.